The van der Waals surface area contributed by atoms with Gasteiger partial charge in [0.15, 0.2) is 11.5 Å². The summed E-state index contributed by atoms with van der Waals surface area (Å²) < 4.78 is 0. The van der Waals surface area contributed by atoms with Crippen molar-refractivity contribution in [3.05, 3.63) is 29.3 Å². The molecule has 1 aromatic carbocycles. The molecule has 0 aliphatic heterocycles. The van der Waals surface area contributed by atoms with Gasteiger partial charge in [0, 0.05) is 5.57 Å². The van der Waals surface area contributed by atoms with E-state index in [-0.39, 0.29) is 28.2 Å². The topological polar surface area (TPSA) is 77.8 Å². The second-order valence-electron chi connectivity index (χ2n) is 7.82. The summed E-state index contributed by atoms with van der Waals surface area (Å²) >= 11 is 0. The lowest BCUT2D eigenvalue weighted by Gasteiger charge is -2.39. The van der Waals surface area contributed by atoms with Gasteiger partial charge in [0.05, 0.1) is 0 Å². The van der Waals surface area contributed by atoms with E-state index >= 15 is 0 Å². The first-order chi connectivity index (χ1) is 10.7. The number of fused-ring (bicyclic) bond motifs is 2. The normalized spacial score (nSPS) is 32.2. The third-order valence-electron chi connectivity index (χ3n) is 6.74. The molecule has 0 aromatic heterocycles. The molecule has 23 heavy (non-hydrogen) atoms. The first-order valence-corrected chi connectivity index (χ1v) is 8.13. The van der Waals surface area contributed by atoms with Crippen LogP contribution in [0.25, 0.3) is 6.08 Å². The van der Waals surface area contributed by atoms with Crippen LogP contribution in [-0.4, -0.2) is 21.3 Å². The average molecular weight is 316 g/mol. The number of carbonyl (C=O) groups is 1. The Kier molecular flexibility index (Phi) is 3.47. The molecule has 3 atom stereocenters. The minimum Gasteiger partial charge on any atom is -0.504 e. The van der Waals surface area contributed by atoms with Crippen LogP contribution >= 0.6 is 0 Å². The Hall–Kier alpha value is -1.97. The molecule has 3 N–H and O–H groups in total. The van der Waals surface area contributed by atoms with Crippen LogP contribution in [0.5, 0.6) is 11.5 Å². The van der Waals surface area contributed by atoms with Crippen molar-refractivity contribution in [3.8, 4) is 11.5 Å². The van der Waals surface area contributed by atoms with Gasteiger partial charge < -0.3 is 15.3 Å². The van der Waals surface area contributed by atoms with Crippen molar-refractivity contribution in [1.29, 1.82) is 0 Å². The van der Waals surface area contributed by atoms with Crippen molar-refractivity contribution >= 4 is 12.0 Å². The summed E-state index contributed by atoms with van der Waals surface area (Å²) in [7, 11) is 0. The number of phenols is 2. The molecular formula is C19H24O4. The van der Waals surface area contributed by atoms with Crippen LogP contribution in [0.15, 0.2) is 23.8 Å². The molecule has 2 saturated carbocycles. The van der Waals surface area contributed by atoms with E-state index in [1.54, 1.807) is 12.1 Å². The van der Waals surface area contributed by atoms with Gasteiger partial charge in [-0.1, -0.05) is 26.8 Å². The van der Waals surface area contributed by atoms with E-state index in [4.69, 9.17) is 0 Å². The number of phenolic OH excluding ortho intramolecular Hbond substituents is 2. The first kappa shape index (κ1) is 15.9. The Bertz CT molecular complexity index is 689. The van der Waals surface area contributed by atoms with Crippen molar-refractivity contribution in [2.45, 2.75) is 40.0 Å². The van der Waals surface area contributed by atoms with Crippen LogP contribution in [-0.2, 0) is 4.79 Å². The summed E-state index contributed by atoms with van der Waals surface area (Å²) in [6, 6.07) is 4.41. The van der Waals surface area contributed by atoms with Gasteiger partial charge in [-0.2, -0.15) is 0 Å². The number of aromatic hydroxyl groups is 2. The van der Waals surface area contributed by atoms with Gasteiger partial charge in [-0.05, 0) is 65.7 Å². The molecule has 0 heterocycles. The highest BCUT2D eigenvalue weighted by Crippen LogP contribution is 2.69. The lowest BCUT2D eigenvalue weighted by Crippen LogP contribution is -2.34. The highest BCUT2D eigenvalue weighted by Gasteiger charge is 2.62. The molecule has 2 fully saturated rings. The third kappa shape index (κ3) is 2.23. The summed E-state index contributed by atoms with van der Waals surface area (Å²) in [5.74, 6) is -0.750. The maximum atomic E-state index is 11.9. The summed E-state index contributed by atoms with van der Waals surface area (Å²) in [5, 5.41) is 28.8. The number of hydrogen-bond donors (Lipinski definition) is 3. The summed E-state index contributed by atoms with van der Waals surface area (Å²) in [6.07, 6.45) is 4.79. The fourth-order valence-corrected chi connectivity index (χ4v) is 4.80. The fourth-order valence-electron chi connectivity index (χ4n) is 4.80. The molecule has 1 aromatic rings. The molecular weight excluding hydrogens is 292 g/mol. The molecule has 124 valence electrons. The highest BCUT2D eigenvalue weighted by molar-refractivity contribution is 5.93. The Labute approximate surface area is 136 Å². The van der Waals surface area contributed by atoms with Gasteiger partial charge in [0.25, 0.3) is 0 Å². The monoisotopic (exact) mass is 316 g/mol. The standard InChI is InChI=1S/C19H24O4/c1-18(2)12-6-7-19(18,3)14(10-12)13(17(22)23)8-11-4-5-15(20)16(21)9-11/h4-5,8-9,12,14,20-21H,6-7,10H2,1-3H3,(H,22,23). The molecule has 4 nitrogen and oxygen atoms in total. The summed E-state index contributed by atoms with van der Waals surface area (Å²) in [4.78, 5) is 11.9. The lowest BCUT2D eigenvalue weighted by molar-refractivity contribution is -0.133. The molecule has 0 spiro atoms. The predicted octanol–water partition coefficient (Wildman–Crippen LogP) is 4.03. The van der Waals surface area contributed by atoms with E-state index < -0.39 is 5.97 Å². The molecule has 2 bridgehead atoms. The number of benzene rings is 1. The number of rotatable bonds is 3. The van der Waals surface area contributed by atoms with Crippen LogP contribution in [0.1, 0.15) is 45.6 Å². The van der Waals surface area contributed by atoms with Crippen LogP contribution in [0.4, 0.5) is 0 Å². The molecule has 2 aliphatic carbocycles. The maximum Gasteiger partial charge on any atom is 0.331 e. The minimum absolute atomic E-state index is 0.0130. The van der Waals surface area contributed by atoms with E-state index in [0.29, 0.717) is 17.1 Å². The smallest absolute Gasteiger partial charge is 0.331 e. The van der Waals surface area contributed by atoms with E-state index in [1.165, 1.54) is 18.6 Å². The van der Waals surface area contributed by atoms with Gasteiger partial charge >= 0.3 is 5.97 Å². The van der Waals surface area contributed by atoms with Gasteiger partial charge in [-0.25, -0.2) is 4.79 Å². The number of hydrogen-bond acceptors (Lipinski definition) is 3. The zero-order chi connectivity index (χ0) is 17.0. The minimum atomic E-state index is -0.896. The Morgan fingerprint density at radius 3 is 2.39 bits per heavy atom. The van der Waals surface area contributed by atoms with Crippen LogP contribution in [0, 0.1) is 22.7 Å². The summed E-state index contributed by atoms with van der Waals surface area (Å²) in [5.41, 5.74) is 1.14. The number of carboxylic acids is 1. The average Bonchev–Trinajstić information content (AvgIpc) is 2.81. The van der Waals surface area contributed by atoms with Crippen LogP contribution in [0.3, 0.4) is 0 Å². The third-order valence-corrected chi connectivity index (χ3v) is 6.74. The van der Waals surface area contributed by atoms with Crippen molar-refractivity contribution in [2.75, 3.05) is 0 Å². The Balaban J connectivity index is 2.02. The molecule has 0 saturated heterocycles. The molecule has 0 amide bonds. The van der Waals surface area contributed by atoms with Gasteiger partial charge in [-0.3, -0.25) is 0 Å². The highest BCUT2D eigenvalue weighted by atomic mass is 16.4. The van der Waals surface area contributed by atoms with Crippen molar-refractivity contribution in [3.63, 3.8) is 0 Å². The van der Waals surface area contributed by atoms with E-state index in [2.05, 4.69) is 20.8 Å². The molecule has 3 unspecified atom stereocenters. The Morgan fingerprint density at radius 2 is 1.91 bits per heavy atom. The summed E-state index contributed by atoms with van der Waals surface area (Å²) in [6.45, 7) is 6.74. The van der Waals surface area contributed by atoms with E-state index in [1.807, 2.05) is 0 Å². The largest absolute Gasteiger partial charge is 0.504 e. The number of carboxylic acid groups (broad SMARTS) is 1. The second kappa shape index (κ2) is 5.02. The second-order valence-corrected chi connectivity index (χ2v) is 7.82. The fraction of sp³-hybridized carbons (Fsp3) is 0.526. The Morgan fingerprint density at radius 1 is 1.22 bits per heavy atom. The van der Waals surface area contributed by atoms with Gasteiger partial charge in [-0.15, -0.1) is 0 Å². The molecule has 4 heteroatoms. The molecule has 2 aliphatic rings. The SMILES string of the molecule is CC1(C)C2CCC1(C)C(C(=Cc1ccc(O)c(O)c1)C(=O)O)C2. The first-order valence-electron chi connectivity index (χ1n) is 8.13. The van der Waals surface area contributed by atoms with Crippen molar-refractivity contribution in [2.24, 2.45) is 22.7 Å². The van der Waals surface area contributed by atoms with Crippen LogP contribution in [0.2, 0.25) is 0 Å². The zero-order valence-electron chi connectivity index (χ0n) is 13.8. The molecule has 3 rings (SSSR count). The van der Waals surface area contributed by atoms with Gasteiger partial charge in [0.2, 0.25) is 0 Å². The zero-order valence-corrected chi connectivity index (χ0v) is 13.8. The maximum absolute atomic E-state index is 11.9. The predicted molar refractivity (Wildman–Crippen MR) is 88.1 cm³/mol. The van der Waals surface area contributed by atoms with Gasteiger partial charge in [0.1, 0.15) is 0 Å². The van der Waals surface area contributed by atoms with Crippen LogP contribution < -0.4 is 0 Å². The van der Waals surface area contributed by atoms with Crippen molar-refractivity contribution < 1.29 is 20.1 Å². The molecule has 0 radical (unpaired) electrons. The van der Waals surface area contributed by atoms with E-state index in [9.17, 15) is 20.1 Å². The lowest BCUT2D eigenvalue weighted by atomic mass is 9.64. The van der Waals surface area contributed by atoms with E-state index in [0.717, 1.165) is 12.8 Å². The van der Waals surface area contributed by atoms with Crippen molar-refractivity contribution in [1.82, 2.24) is 0 Å². The quantitative estimate of drug-likeness (QED) is 0.581. The number of aliphatic carboxylic acids is 1.